The van der Waals surface area contributed by atoms with E-state index in [4.69, 9.17) is 4.74 Å². The molecule has 0 bridgehead atoms. The summed E-state index contributed by atoms with van der Waals surface area (Å²) in [6.45, 7) is 6.25. The highest BCUT2D eigenvalue weighted by Gasteiger charge is 2.16. The molecule has 2 rings (SSSR count). The van der Waals surface area contributed by atoms with E-state index in [0.29, 0.717) is 18.2 Å². The summed E-state index contributed by atoms with van der Waals surface area (Å²) in [7, 11) is 0. The quantitative estimate of drug-likeness (QED) is 0.671. The highest BCUT2D eigenvalue weighted by molar-refractivity contribution is 5.50. The molecular weight excluding hydrogens is 272 g/mol. The standard InChI is InChI=1S/C14H16N4O3/c1-4-15-14-16-10(3)8-13(17-14)21-12-7-9(2)5-6-11(12)18(19)20/h5-8H,4H2,1-3H3,(H,15,16,17). The molecular formula is C14H16N4O3. The molecule has 0 fully saturated rings. The summed E-state index contributed by atoms with van der Waals surface area (Å²) in [4.78, 5) is 18.9. The number of ether oxygens (including phenoxy) is 1. The summed E-state index contributed by atoms with van der Waals surface area (Å²) < 4.78 is 5.59. The van der Waals surface area contributed by atoms with Crippen molar-refractivity contribution in [3.8, 4) is 11.6 Å². The summed E-state index contributed by atoms with van der Waals surface area (Å²) in [5.74, 6) is 0.871. The normalized spacial score (nSPS) is 10.2. The lowest BCUT2D eigenvalue weighted by atomic mass is 10.2. The zero-order chi connectivity index (χ0) is 15.4. The predicted molar refractivity (Wildman–Crippen MR) is 78.8 cm³/mol. The monoisotopic (exact) mass is 288 g/mol. The Morgan fingerprint density at radius 3 is 2.71 bits per heavy atom. The number of nitro groups is 1. The number of nitrogens with one attached hydrogen (secondary N) is 1. The lowest BCUT2D eigenvalue weighted by Crippen LogP contribution is -2.04. The number of anilines is 1. The fraction of sp³-hybridized carbons (Fsp3) is 0.286. The van der Waals surface area contributed by atoms with E-state index < -0.39 is 4.92 Å². The molecule has 1 aromatic carbocycles. The van der Waals surface area contributed by atoms with Crippen LogP contribution in [0.15, 0.2) is 24.3 Å². The van der Waals surface area contributed by atoms with Gasteiger partial charge in [-0.15, -0.1) is 0 Å². The molecule has 0 spiro atoms. The fourth-order valence-electron chi connectivity index (χ4n) is 1.80. The molecule has 0 aliphatic rings. The average Bonchev–Trinajstić information content (AvgIpc) is 2.38. The highest BCUT2D eigenvalue weighted by Crippen LogP contribution is 2.31. The van der Waals surface area contributed by atoms with Gasteiger partial charge in [-0.25, -0.2) is 4.98 Å². The Kier molecular flexibility index (Phi) is 4.32. The Morgan fingerprint density at radius 2 is 2.05 bits per heavy atom. The molecule has 1 N–H and O–H groups in total. The summed E-state index contributed by atoms with van der Waals surface area (Å²) >= 11 is 0. The SMILES string of the molecule is CCNc1nc(C)cc(Oc2cc(C)ccc2[N+](=O)[O-])n1. The molecule has 7 nitrogen and oxygen atoms in total. The van der Waals surface area contributed by atoms with Gasteiger partial charge in [0.1, 0.15) is 0 Å². The van der Waals surface area contributed by atoms with Gasteiger partial charge in [0, 0.05) is 24.4 Å². The third-order valence-corrected chi connectivity index (χ3v) is 2.69. The van der Waals surface area contributed by atoms with E-state index in [-0.39, 0.29) is 17.3 Å². The van der Waals surface area contributed by atoms with Crippen molar-refractivity contribution in [2.24, 2.45) is 0 Å². The number of hydrogen-bond donors (Lipinski definition) is 1. The minimum atomic E-state index is -0.478. The van der Waals surface area contributed by atoms with E-state index in [9.17, 15) is 10.1 Å². The second-order valence-corrected chi connectivity index (χ2v) is 4.53. The largest absolute Gasteiger partial charge is 0.432 e. The molecule has 0 radical (unpaired) electrons. The number of nitrogens with zero attached hydrogens (tertiary/aromatic N) is 3. The number of aryl methyl sites for hydroxylation is 2. The van der Waals surface area contributed by atoms with E-state index in [1.54, 1.807) is 25.1 Å². The van der Waals surface area contributed by atoms with Gasteiger partial charge in [0.2, 0.25) is 17.6 Å². The van der Waals surface area contributed by atoms with Crippen LogP contribution in [0.25, 0.3) is 0 Å². The number of hydrogen-bond acceptors (Lipinski definition) is 6. The van der Waals surface area contributed by atoms with Gasteiger partial charge < -0.3 is 10.1 Å². The Morgan fingerprint density at radius 1 is 1.29 bits per heavy atom. The number of benzene rings is 1. The molecule has 1 heterocycles. The minimum absolute atomic E-state index is 0.0955. The zero-order valence-corrected chi connectivity index (χ0v) is 12.1. The third kappa shape index (κ3) is 3.65. The van der Waals surface area contributed by atoms with Crippen molar-refractivity contribution in [1.82, 2.24) is 9.97 Å². The molecule has 0 unspecified atom stereocenters. The van der Waals surface area contributed by atoms with Crippen molar-refractivity contribution in [2.45, 2.75) is 20.8 Å². The third-order valence-electron chi connectivity index (χ3n) is 2.69. The van der Waals surface area contributed by atoms with Crippen LogP contribution < -0.4 is 10.1 Å². The second kappa shape index (κ2) is 6.17. The summed E-state index contributed by atoms with van der Waals surface area (Å²) in [5, 5.41) is 14.0. The van der Waals surface area contributed by atoms with Gasteiger partial charge >= 0.3 is 5.69 Å². The fourth-order valence-corrected chi connectivity index (χ4v) is 1.80. The van der Waals surface area contributed by atoms with Crippen molar-refractivity contribution in [1.29, 1.82) is 0 Å². The Bertz CT molecular complexity index is 673. The van der Waals surface area contributed by atoms with E-state index in [0.717, 1.165) is 5.56 Å². The Balaban J connectivity index is 2.37. The smallest absolute Gasteiger partial charge is 0.311 e. The number of nitro benzene ring substituents is 1. The maximum absolute atomic E-state index is 11.0. The summed E-state index contributed by atoms with van der Waals surface area (Å²) in [5.41, 5.74) is 1.49. The molecule has 0 aliphatic heterocycles. The van der Waals surface area contributed by atoms with Gasteiger partial charge in [0.25, 0.3) is 0 Å². The first-order valence-electron chi connectivity index (χ1n) is 6.52. The molecule has 7 heteroatoms. The van der Waals surface area contributed by atoms with Gasteiger partial charge in [-0.3, -0.25) is 10.1 Å². The molecule has 1 aromatic heterocycles. The maximum Gasteiger partial charge on any atom is 0.311 e. The first-order valence-corrected chi connectivity index (χ1v) is 6.52. The van der Waals surface area contributed by atoms with Crippen molar-refractivity contribution in [3.05, 3.63) is 45.6 Å². The first-order chi connectivity index (χ1) is 9.99. The maximum atomic E-state index is 11.0. The average molecular weight is 288 g/mol. The highest BCUT2D eigenvalue weighted by atomic mass is 16.6. The predicted octanol–water partition coefficient (Wildman–Crippen LogP) is 3.23. The molecule has 0 atom stereocenters. The first kappa shape index (κ1) is 14.7. The van der Waals surface area contributed by atoms with E-state index in [1.165, 1.54) is 6.07 Å². The van der Waals surface area contributed by atoms with Gasteiger partial charge in [-0.1, -0.05) is 6.07 Å². The van der Waals surface area contributed by atoms with E-state index in [2.05, 4.69) is 15.3 Å². The molecule has 0 saturated heterocycles. The van der Waals surface area contributed by atoms with Crippen LogP contribution in [-0.4, -0.2) is 21.4 Å². The van der Waals surface area contributed by atoms with Gasteiger partial charge in [-0.2, -0.15) is 4.98 Å². The number of aromatic nitrogens is 2. The summed E-state index contributed by atoms with van der Waals surface area (Å²) in [6, 6.07) is 6.33. The van der Waals surface area contributed by atoms with Crippen molar-refractivity contribution in [3.63, 3.8) is 0 Å². The van der Waals surface area contributed by atoms with Crippen LogP contribution in [0.1, 0.15) is 18.2 Å². The van der Waals surface area contributed by atoms with Gasteiger partial charge in [0.05, 0.1) is 4.92 Å². The zero-order valence-electron chi connectivity index (χ0n) is 12.1. The van der Waals surface area contributed by atoms with Crippen LogP contribution in [0.2, 0.25) is 0 Å². The van der Waals surface area contributed by atoms with Gasteiger partial charge in [-0.05, 0) is 32.4 Å². The van der Waals surface area contributed by atoms with Crippen LogP contribution in [0.5, 0.6) is 11.6 Å². The molecule has 0 amide bonds. The molecule has 110 valence electrons. The topological polar surface area (TPSA) is 90.2 Å². The molecule has 2 aromatic rings. The van der Waals surface area contributed by atoms with Crippen LogP contribution in [0.4, 0.5) is 11.6 Å². The van der Waals surface area contributed by atoms with Crippen molar-refractivity contribution < 1.29 is 9.66 Å². The minimum Gasteiger partial charge on any atom is -0.432 e. The Labute approximate surface area is 122 Å². The van der Waals surface area contributed by atoms with Crippen molar-refractivity contribution >= 4 is 11.6 Å². The van der Waals surface area contributed by atoms with Gasteiger partial charge in [0.15, 0.2) is 0 Å². The summed E-state index contributed by atoms with van der Waals surface area (Å²) in [6.07, 6.45) is 0. The molecule has 0 aliphatic carbocycles. The number of rotatable bonds is 5. The van der Waals surface area contributed by atoms with Crippen LogP contribution in [0.3, 0.4) is 0 Å². The van der Waals surface area contributed by atoms with E-state index in [1.807, 2.05) is 13.8 Å². The molecule has 21 heavy (non-hydrogen) atoms. The lowest BCUT2D eigenvalue weighted by Gasteiger charge is -2.09. The van der Waals surface area contributed by atoms with Crippen molar-refractivity contribution in [2.75, 3.05) is 11.9 Å². The second-order valence-electron chi connectivity index (χ2n) is 4.53. The van der Waals surface area contributed by atoms with Crippen LogP contribution >= 0.6 is 0 Å². The van der Waals surface area contributed by atoms with Crippen LogP contribution in [0, 0.1) is 24.0 Å². The Hall–Kier alpha value is -2.70. The van der Waals surface area contributed by atoms with Crippen LogP contribution in [-0.2, 0) is 0 Å². The van der Waals surface area contributed by atoms with E-state index >= 15 is 0 Å². The lowest BCUT2D eigenvalue weighted by molar-refractivity contribution is -0.385. The molecule has 0 saturated carbocycles.